The summed E-state index contributed by atoms with van der Waals surface area (Å²) in [4.78, 5) is 0. The van der Waals surface area contributed by atoms with Crippen LogP contribution < -0.4 is 0 Å². The van der Waals surface area contributed by atoms with Crippen molar-refractivity contribution in [3.05, 3.63) is 0 Å². The summed E-state index contributed by atoms with van der Waals surface area (Å²) in [6, 6.07) is 0. The minimum Gasteiger partial charge on any atom is -0.393 e. The van der Waals surface area contributed by atoms with Crippen LogP contribution in [0.15, 0.2) is 0 Å². The number of thiol groups is 1. The average Bonchev–Trinajstić information content (AvgIpc) is 2.46. The van der Waals surface area contributed by atoms with Crippen LogP contribution in [0.4, 0.5) is 0 Å². The summed E-state index contributed by atoms with van der Waals surface area (Å²) in [7, 11) is 0. The maximum absolute atomic E-state index is 9.59. The first-order valence-corrected chi connectivity index (χ1v) is 5.23. The fourth-order valence-corrected chi connectivity index (χ4v) is 3.29. The lowest BCUT2D eigenvalue weighted by Crippen LogP contribution is -2.24. The third kappa shape index (κ3) is 1.31. The van der Waals surface area contributed by atoms with E-state index in [1.165, 1.54) is 19.3 Å². The molecule has 2 aliphatic carbocycles. The first-order valence-electron chi connectivity index (χ1n) is 4.60. The topological polar surface area (TPSA) is 20.2 Å². The van der Waals surface area contributed by atoms with Crippen LogP contribution in [0.5, 0.6) is 0 Å². The zero-order chi connectivity index (χ0) is 7.84. The van der Waals surface area contributed by atoms with E-state index in [4.69, 9.17) is 0 Å². The summed E-state index contributed by atoms with van der Waals surface area (Å²) in [6.45, 7) is 0. The van der Waals surface area contributed by atoms with Gasteiger partial charge in [0.05, 0.1) is 6.10 Å². The van der Waals surface area contributed by atoms with Gasteiger partial charge in [-0.3, -0.25) is 0 Å². The van der Waals surface area contributed by atoms with Gasteiger partial charge in [0.15, 0.2) is 0 Å². The number of aliphatic hydroxyl groups is 1. The van der Waals surface area contributed by atoms with Gasteiger partial charge in [-0.05, 0) is 49.2 Å². The summed E-state index contributed by atoms with van der Waals surface area (Å²) < 4.78 is 0. The number of hydrogen-bond acceptors (Lipinski definition) is 2. The molecule has 0 aromatic rings. The Morgan fingerprint density at radius 1 is 1.27 bits per heavy atom. The molecule has 0 amide bonds. The highest BCUT2D eigenvalue weighted by Crippen LogP contribution is 2.49. The van der Waals surface area contributed by atoms with Crippen molar-refractivity contribution in [3.8, 4) is 0 Å². The molecule has 2 bridgehead atoms. The molecule has 2 aliphatic rings. The second kappa shape index (κ2) is 2.98. The molecule has 64 valence electrons. The van der Waals surface area contributed by atoms with Gasteiger partial charge in [-0.25, -0.2) is 0 Å². The quantitative estimate of drug-likeness (QED) is 0.608. The molecule has 4 unspecified atom stereocenters. The van der Waals surface area contributed by atoms with E-state index in [0.29, 0.717) is 5.92 Å². The molecule has 0 radical (unpaired) electrons. The van der Waals surface area contributed by atoms with Crippen LogP contribution in [-0.2, 0) is 0 Å². The molecule has 0 aliphatic heterocycles. The summed E-state index contributed by atoms with van der Waals surface area (Å²) in [5.41, 5.74) is 0. The van der Waals surface area contributed by atoms with Gasteiger partial charge in [-0.15, -0.1) is 0 Å². The van der Waals surface area contributed by atoms with E-state index < -0.39 is 0 Å². The lowest BCUT2D eigenvalue weighted by molar-refractivity contribution is 0.0800. The van der Waals surface area contributed by atoms with Gasteiger partial charge < -0.3 is 5.11 Å². The van der Waals surface area contributed by atoms with Crippen molar-refractivity contribution in [3.63, 3.8) is 0 Å². The van der Waals surface area contributed by atoms with Crippen LogP contribution in [0.3, 0.4) is 0 Å². The van der Waals surface area contributed by atoms with Crippen LogP contribution in [0, 0.1) is 17.8 Å². The molecule has 2 heteroatoms. The Kier molecular flexibility index (Phi) is 2.15. The SMILES string of the molecule is OC1CC2CC(CCS)C1C2. The van der Waals surface area contributed by atoms with Gasteiger partial charge in [0, 0.05) is 0 Å². The fourth-order valence-electron chi connectivity index (χ4n) is 2.95. The monoisotopic (exact) mass is 172 g/mol. The number of hydrogen-bond donors (Lipinski definition) is 2. The Hall–Kier alpha value is 0.310. The Morgan fingerprint density at radius 3 is 2.64 bits per heavy atom. The van der Waals surface area contributed by atoms with Crippen molar-refractivity contribution in [1.29, 1.82) is 0 Å². The van der Waals surface area contributed by atoms with E-state index in [-0.39, 0.29) is 6.10 Å². The van der Waals surface area contributed by atoms with Gasteiger partial charge in [-0.2, -0.15) is 12.6 Å². The molecule has 0 heterocycles. The van der Waals surface area contributed by atoms with E-state index in [1.54, 1.807) is 0 Å². The molecule has 11 heavy (non-hydrogen) atoms. The second-order valence-corrected chi connectivity index (χ2v) is 4.52. The zero-order valence-electron chi connectivity index (χ0n) is 6.74. The summed E-state index contributed by atoms with van der Waals surface area (Å²) in [6.07, 6.45) is 4.97. The van der Waals surface area contributed by atoms with E-state index >= 15 is 0 Å². The molecule has 2 fully saturated rings. The molecule has 2 rings (SSSR count). The Labute approximate surface area is 73.6 Å². The molecular weight excluding hydrogens is 156 g/mol. The normalized spacial score (nSPS) is 48.5. The predicted molar refractivity (Wildman–Crippen MR) is 48.8 cm³/mol. The van der Waals surface area contributed by atoms with Crippen molar-refractivity contribution in [2.45, 2.75) is 31.8 Å². The van der Waals surface area contributed by atoms with Gasteiger partial charge in [0.25, 0.3) is 0 Å². The Balaban J connectivity index is 1.96. The van der Waals surface area contributed by atoms with E-state index in [9.17, 15) is 5.11 Å². The average molecular weight is 172 g/mol. The van der Waals surface area contributed by atoms with Crippen molar-refractivity contribution in [2.75, 3.05) is 5.75 Å². The zero-order valence-corrected chi connectivity index (χ0v) is 7.63. The Bertz CT molecular complexity index is 148. The molecule has 2 saturated carbocycles. The summed E-state index contributed by atoms with van der Waals surface area (Å²) in [5.74, 6) is 3.26. The molecule has 0 spiro atoms. The van der Waals surface area contributed by atoms with Gasteiger partial charge in [0.2, 0.25) is 0 Å². The number of aliphatic hydroxyl groups excluding tert-OH is 1. The van der Waals surface area contributed by atoms with E-state index in [2.05, 4.69) is 12.6 Å². The lowest BCUT2D eigenvalue weighted by Gasteiger charge is -2.25. The van der Waals surface area contributed by atoms with Gasteiger partial charge in [0.1, 0.15) is 0 Å². The predicted octanol–water partition coefficient (Wildman–Crippen LogP) is 1.71. The molecule has 0 saturated heterocycles. The summed E-state index contributed by atoms with van der Waals surface area (Å²) >= 11 is 4.24. The molecule has 0 aromatic carbocycles. The minimum atomic E-state index is 0.0265. The molecule has 4 atom stereocenters. The van der Waals surface area contributed by atoms with Crippen LogP contribution in [0.25, 0.3) is 0 Å². The van der Waals surface area contributed by atoms with Crippen LogP contribution in [0.2, 0.25) is 0 Å². The van der Waals surface area contributed by atoms with E-state index in [0.717, 1.165) is 24.0 Å². The third-order valence-electron chi connectivity index (χ3n) is 3.42. The summed E-state index contributed by atoms with van der Waals surface area (Å²) in [5, 5.41) is 9.59. The fraction of sp³-hybridized carbons (Fsp3) is 1.00. The number of fused-ring (bicyclic) bond motifs is 2. The van der Waals surface area contributed by atoms with Crippen molar-refractivity contribution >= 4 is 12.6 Å². The maximum atomic E-state index is 9.59. The highest BCUT2D eigenvalue weighted by Gasteiger charge is 2.44. The highest BCUT2D eigenvalue weighted by atomic mass is 32.1. The molecule has 0 aromatic heterocycles. The van der Waals surface area contributed by atoms with Gasteiger partial charge >= 0.3 is 0 Å². The molecule has 1 N–H and O–H groups in total. The van der Waals surface area contributed by atoms with E-state index in [1.807, 2.05) is 0 Å². The van der Waals surface area contributed by atoms with Crippen molar-refractivity contribution in [2.24, 2.45) is 17.8 Å². The standard InChI is InChI=1S/C9H16OS/c10-9-5-6-3-7(1-2-11)8(9)4-6/h6-11H,1-5H2. The number of rotatable bonds is 2. The molecule has 1 nitrogen and oxygen atoms in total. The first-order chi connectivity index (χ1) is 5.31. The second-order valence-electron chi connectivity index (χ2n) is 4.08. The van der Waals surface area contributed by atoms with Crippen LogP contribution in [0.1, 0.15) is 25.7 Å². The lowest BCUT2D eigenvalue weighted by atomic mass is 9.85. The van der Waals surface area contributed by atoms with Crippen LogP contribution in [-0.4, -0.2) is 17.0 Å². The van der Waals surface area contributed by atoms with Crippen molar-refractivity contribution < 1.29 is 5.11 Å². The largest absolute Gasteiger partial charge is 0.393 e. The Morgan fingerprint density at radius 2 is 2.09 bits per heavy atom. The highest BCUT2D eigenvalue weighted by molar-refractivity contribution is 7.80. The third-order valence-corrected chi connectivity index (χ3v) is 3.67. The molecular formula is C9H16OS. The van der Waals surface area contributed by atoms with Gasteiger partial charge in [-0.1, -0.05) is 0 Å². The minimum absolute atomic E-state index is 0.0265. The van der Waals surface area contributed by atoms with Crippen molar-refractivity contribution in [1.82, 2.24) is 0 Å². The van der Waals surface area contributed by atoms with Crippen LogP contribution >= 0.6 is 12.6 Å². The first kappa shape index (κ1) is 7.93. The smallest absolute Gasteiger partial charge is 0.0573 e. The maximum Gasteiger partial charge on any atom is 0.0573 e.